The van der Waals surface area contributed by atoms with Crippen LogP contribution in [-0.2, 0) is 6.54 Å². The van der Waals surface area contributed by atoms with E-state index in [1.54, 1.807) is 0 Å². The fourth-order valence-electron chi connectivity index (χ4n) is 2.92. The smallest absolute Gasteiger partial charge is 0.0562 e. The molecule has 0 unspecified atom stereocenters. The molecule has 1 aromatic rings. The fraction of sp³-hybridized carbons (Fsp3) is 0.667. The largest absolute Gasteiger partial charge is 0.371 e. The zero-order chi connectivity index (χ0) is 13.0. The van der Waals surface area contributed by atoms with Crippen LogP contribution in [0, 0.1) is 5.41 Å². The first-order valence-corrected chi connectivity index (χ1v) is 7.07. The molecule has 0 atom stereocenters. The number of nitrogens with one attached hydrogen (secondary N) is 1. The summed E-state index contributed by atoms with van der Waals surface area (Å²) in [5.74, 6) is 0. The van der Waals surface area contributed by atoms with Gasteiger partial charge in [-0.2, -0.15) is 0 Å². The molecule has 18 heavy (non-hydrogen) atoms. The second kappa shape index (κ2) is 5.70. The van der Waals surface area contributed by atoms with Gasteiger partial charge >= 0.3 is 0 Å². The molecule has 1 aliphatic heterocycles. The summed E-state index contributed by atoms with van der Waals surface area (Å²) in [6.07, 6.45) is 5.83. The van der Waals surface area contributed by atoms with Gasteiger partial charge in [0.15, 0.2) is 0 Å². The van der Waals surface area contributed by atoms with Gasteiger partial charge in [0.05, 0.1) is 5.69 Å². The number of hydrogen-bond donors (Lipinski definition) is 1. The van der Waals surface area contributed by atoms with E-state index in [0.717, 1.165) is 12.2 Å². The van der Waals surface area contributed by atoms with Gasteiger partial charge in [-0.05, 0) is 43.9 Å². The van der Waals surface area contributed by atoms with Crippen molar-refractivity contribution in [3.8, 4) is 0 Å². The van der Waals surface area contributed by atoms with Gasteiger partial charge in [0.25, 0.3) is 0 Å². The third-order valence-corrected chi connectivity index (χ3v) is 4.46. The van der Waals surface area contributed by atoms with Crippen LogP contribution in [0.15, 0.2) is 18.3 Å². The molecule has 0 aromatic carbocycles. The van der Waals surface area contributed by atoms with Gasteiger partial charge < -0.3 is 10.2 Å². The van der Waals surface area contributed by atoms with Gasteiger partial charge in [-0.1, -0.05) is 13.8 Å². The summed E-state index contributed by atoms with van der Waals surface area (Å²) in [5, 5.41) is 3.16. The highest BCUT2D eigenvalue weighted by atomic mass is 15.2. The Balaban J connectivity index is 2.11. The predicted molar refractivity (Wildman–Crippen MR) is 76.8 cm³/mol. The Labute approximate surface area is 111 Å². The van der Waals surface area contributed by atoms with Gasteiger partial charge in [-0.15, -0.1) is 0 Å². The number of anilines is 1. The molecular weight excluding hydrogens is 222 g/mol. The number of aromatic nitrogens is 1. The third-order valence-electron chi connectivity index (χ3n) is 4.46. The first-order valence-electron chi connectivity index (χ1n) is 7.07. The Morgan fingerprint density at radius 2 is 2.17 bits per heavy atom. The number of nitrogens with zero attached hydrogens (tertiary/aromatic N) is 2. The molecular formula is C15H25N3. The Morgan fingerprint density at radius 3 is 2.78 bits per heavy atom. The third kappa shape index (κ3) is 2.66. The van der Waals surface area contributed by atoms with Gasteiger partial charge in [-0.25, -0.2) is 0 Å². The van der Waals surface area contributed by atoms with E-state index in [1.807, 2.05) is 13.2 Å². The molecule has 3 heteroatoms. The van der Waals surface area contributed by atoms with Crippen molar-refractivity contribution < 1.29 is 0 Å². The highest BCUT2D eigenvalue weighted by Gasteiger charge is 2.34. The Kier molecular flexibility index (Phi) is 4.23. The van der Waals surface area contributed by atoms with Crippen molar-refractivity contribution in [2.45, 2.75) is 39.7 Å². The zero-order valence-electron chi connectivity index (χ0n) is 11.9. The van der Waals surface area contributed by atoms with E-state index in [1.165, 1.54) is 38.0 Å². The van der Waals surface area contributed by atoms with Gasteiger partial charge in [0.1, 0.15) is 0 Å². The minimum Gasteiger partial charge on any atom is -0.371 e. The summed E-state index contributed by atoms with van der Waals surface area (Å²) in [6, 6.07) is 4.36. The topological polar surface area (TPSA) is 28.2 Å². The minimum absolute atomic E-state index is 0.534. The quantitative estimate of drug-likeness (QED) is 0.867. The van der Waals surface area contributed by atoms with Crippen LogP contribution >= 0.6 is 0 Å². The summed E-state index contributed by atoms with van der Waals surface area (Å²) >= 11 is 0. The van der Waals surface area contributed by atoms with Crippen LogP contribution in [-0.4, -0.2) is 25.1 Å². The lowest BCUT2D eigenvalue weighted by Gasteiger charge is -2.27. The summed E-state index contributed by atoms with van der Waals surface area (Å²) in [5.41, 5.74) is 2.99. The number of rotatable bonds is 5. The molecule has 3 nitrogen and oxygen atoms in total. The van der Waals surface area contributed by atoms with Crippen LogP contribution in [0.4, 0.5) is 5.69 Å². The molecule has 0 amide bonds. The molecule has 0 saturated carbocycles. The molecule has 2 heterocycles. The maximum absolute atomic E-state index is 4.39. The van der Waals surface area contributed by atoms with Crippen molar-refractivity contribution in [3.63, 3.8) is 0 Å². The summed E-state index contributed by atoms with van der Waals surface area (Å²) in [4.78, 5) is 6.91. The molecule has 100 valence electrons. The molecule has 1 aliphatic rings. The molecule has 1 saturated heterocycles. The van der Waals surface area contributed by atoms with Crippen molar-refractivity contribution in [2.24, 2.45) is 5.41 Å². The van der Waals surface area contributed by atoms with Crippen LogP contribution in [0.25, 0.3) is 0 Å². The Hall–Kier alpha value is -1.09. The average Bonchev–Trinajstić information content (AvgIpc) is 2.85. The molecule has 1 fully saturated rings. The van der Waals surface area contributed by atoms with Gasteiger partial charge in [0.2, 0.25) is 0 Å². The minimum atomic E-state index is 0.534. The monoisotopic (exact) mass is 247 g/mol. The van der Waals surface area contributed by atoms with E-state index in [-0.39, 0.29) is 0 Å². The SMILES string of the molecule is CCC1(CC)CCN(c2ccnc(CNC)c2)C1. The Bertz CT molecular complexity index is 385. The average molecular weight is 247 g/mol. The summed E-state index contributed by atoms with van der Waals surface area (Å²) in [6.45, 7) is 7.88. The number of pyridine rings is 1. The first kappa shape index (κ1) is 13.3. The van der Waals surface area contributed by atoms with Crippen LogP contribution < -0.4 is 10.2 Å². The van der Waals surface area contributed by atoms with Crippen LogP contribution in [0.5, 0.6) is 0 Å². The zero-order valence-corrected chi connectivity index (χ0v) is 11.9. The maximum Gasteiger partial charge on any atom is 0.0562 e. The molecule has 0 aliphatic carbocycles. The van der Waals surface area contributed by atoms with E-state index in [4.69, 9.17) is 0 Å². The van der Waals surface area contributed by atoms with Crippen molar-refractivity contribution in [2.75, 3.05) is 25.0 Å². The normalized spacial score (nSPS) is 18.3. The van der Waals surface area contributed by atoms with Crippen molar-refractivity contribution >= 4 is 5.69 Å². The van der Waals surface area contributed by atoms with E-state index in [0.29, 0.717) is 5.41 Å². The lowest BCUT2D eigenvalue weighted by atomic mass is 9.82. The van der Waals surface area contributed by atoms with Crippen molar-refractivity contribution in [1.29, 1.82) is 0 Å². The molecule has 0 radical (unpaired) electrons. The molecule has 1 aromatic heterocycles. The highest BCUT2D eigenvalue weighted by Crippen LogP contribution is 2.38. The van der Waals surface area contributed by atoms with Crippen molar-refractivity contribution in [1.82, 2.24) is 10.3 Å². The molecule has 1 N–H and O–H groups in total. The Morgan fingerprint density at radius 1 is 1.39 bits per heavy atom. The fourth-order valence-corrected chi connectivity index (χ4v) is 2.92. The van der Waals surface area contributed by atoms with E-state index >= 15 is 0 Å². The van der Waals surface area contributed by atoms with Crippen molar-refractivity contribution in [3.05, 3.63) is 24.0 Å². The second-order valence-corrected chi connectivity index (χ2v) is 5.41. The highest BCUT2D eigenvalue weighted by molar-refractivity contribution is 5.48. The lowest BCUT2D eigenvalue weighted by molar-refractivity contribution is 0.301. The molecule has 0 bridgehead atoms. The second-order valence-electron chi connectivity index (χ2n) is 5.41. The van der Waals surface area contributed by atoms with Crippen LogP contribution in [0.1, 0.15) is 38.8 Å². The summed E-state index contributed by atoms with van der Waals surface area (Å²) in [7, 11) is 1.96. The van der Waals surface area contributed by atoms with Crippen LogP contribution in [0.2, 0.25) is 0 Å². The lowest BCUT2D eigenvalue weighted by Crippen LogP contribution is -2.26. The number of hydrogen-bond acceptors (Lipinski definition) is 3. The molecule has 2 rings (SSSR count). The predicted octanol–water partition coefficient (Wildman–Crippen LogP) is 2.82. The van der Waals surface area contributed by atoms with E-state index in [9.17, 15) is 0 Å². The van der Waals surface area contributed by atoms with Gasteiger partial charge in [-0.3, -0.25) is 4.98 Å². The van der Waals surface area contributed by atoms with E-state index in [2.05, 4.69) is 41.2 Å². The summed E-state index contributed by atoms with van der Waals surface area (Å²) < 4.78 is 0. The molecule has 0 spiro atoms. The maximum atomic E-state index is 4.39. The van der Waals surface area contributed by atoms with Gasteiger partial charge in [0, 0.05) is 31.5 Å². The first-order chi connectivity index (χ1) is 8.73. The van der Waals surface area contributed by atoms with E-state index < -0.39 is 0 Å². The standard InChI is InChI=1S/C15H25N3/c1-4-15(5-2)7-9-18(12-15)14-6-8-17-13(10-14)11-16-3/h6,8,10,16H,4-5,7,9,11-12H2,1-3H3. The van der Waals surface area contributed by atoms with Crippen LogP contribution in [0.3, 0.4) is 0 Å².